The van der Waals surface area contributed by atoms with Crippen LogP contribution in [0.15, 0.2) is 65.7 Å². The van der Waals surface area contributed by atoms with Gasteiger partial charge >= 0.3 is 0 Å². The second kappa shape index (κ2) is 10.5. The maximum Gasteiger partial charge on any atom is 0.242 e. The predicted molar refractivity (Wildman–Crippen MR) is 114 cm³/mol. The maximum absolute atomic E-state index is 11.9. The van der Waals surface area contributed by atoms with Crippen LogP contribution < -0.4 is 16.0 Å². The van der Waals surface area contributed by atoms with Gasteiger partial charge in [0.05, 0.1) is 0 Å². The highest BCUT2D eigenvalue weighted by molar-refractivity contribution is 5.85. The van der Waals surface area contributed by atoms with E-state index in [1.807, 2.05) is 19.1 Å². The van der Waals surface area contributed by atoms with Crippen LogP contribution in [0.2, 0.25) is 0 Å². The highest BCUT2D eigenvalue weighted by atomic mass is 16.2. The highest BCUT2D eigenvalue weighted by Gasteiger charge is 2.22. The molecule has 2 aromatic rings. The number of hydrogen-bond acceptors (Lipinski definition) is 2. The Hall–Kier alpha value is -2.82. The Morgan fingerprint density at radius 2 is 1.71 bits per heavy atom. The molecule has 1 fully saturated rings. The molecule has 3 rings (SSSR count). The van der Waals surface area contributed by atoms with Crippen LogP contribution in [0, 0.1) is 0 Å². The summed E-state index contributed by atoms with van der Waals surface area (Å²) < 4.78 is 0. The monoisotopic (exact) mass is 378 g/mol. The van der Waals surface area contributed by atoms with E-state index in [9.17, 15) is 4.79 Å². The minimum atomic E-state index is -0.0106. The first-order valence-electron chi connectivity index (χ1n) is 10.1. The van der Waals surface area contributed by atoms with Crippen molar-refractivity contribution in [3.8, 4) is 0 Å². The lowest BCUT2D eigenvalue weighted by atomic mass is 9.92. The van der Waals surface area contributed by atoms with Gasteiger partial charge in [0.2, 0.25) is 5.91 Å². The number of amides is 1. The molecular formula is C23H30N4O. The van der Waals surface area contributed by atoms with Crippen LogP contribution in [0.5, 0.6) is 0 Å². The lowest BCUT2D eigenvalue weighted by Crippen LogP contribution is -2.40. The molecule has 0 radical (unpaired) electrons. The van der Waals surface area contributed by atoms with Crippen molar-refractivity contribution in [2.75, 3.05) is 19.6 Å². The largest absolute Gasteiger partial charge is 0.357 e. The number of guanidine groups is 1. The SMILES string of the molecule is CCNC(=NCC(=O)NC1CC1)NCC(Cc1ccccc1)c1ccccc1. The molecule has 1 amide bonds. The van der Waals surface area contributed by atoms with Crippen LogP contribution in [0.4, 0.5) is 0 Å². The fourth-order valence-corrected chi connectivity index (χ4v) is 3.15. The normalized spacial score (nSPS) is 15.0. The molecular weight excluding hydrogens is 348 g/mol. The maximum atomic E-state index is 11.9. The van der Waals surface area contributed by atoms with Crippen LogP contribution in [0.1, 0.15) is 36.8 Å². The first kappa shape index (κ1) is 19.9. The van der Waals surface area contributed by atoms with E-state index in [1.54, 1.807) is 0 Å². The van der Waals surface area contributed by atoms with Crippen molar-refractivity contribution in [3.63, 3.8) is 0 Å². The third-order valence-electron chi connectivity index (χ3n) is 4.78. The number of aliphatic imine (C=N–C) groups is 1. The van der Waals surface area contributed by atoms with E-state index in [2.05, 4.69) is 69.5 Å². The zero-order valence-corrected chi connectivity index (χ0v) is 16.5. The van der Waals surface area contributed by atoms with E-state index in [0.29, 0.717) is 17.9 Å². The van der Waals surface area contributed by atoms with Gasteiger partial charge in [-0.05, 0) is 37.3 Å². The second-order valence-corrected chi connectivity index (χ2v) is 7.22. The first-order chi connectivity index (χ1) is 13.7. The molecule has 148 valence electrons. The van der Waals surface area contributed by atoms with Gasteiger partial charge in [-0.2, -0.15) is 0 Å². The lowest BCUT2D eigenvalue weighted by Gasteiger charge is -2.20. The van der Waals surface area contributed by atoms with Crippen molar-refractivity contribution in [1.29, 1.82) is 0 Å². The summed E-state index contributed by atoms with van der Waals surface area (Å²) in [5, 5.41) is 9.63. The van der Waals surface area contributed by atoms with Crippen LogP contribution in [-0.2, 0) is 11.2 Å². The van der Waals surface area contributed by atoms with Crippen molar-refractivity contribution in [1.82, 2.24) is 16.0 Å². The van der Waals surface area contributed by atoms with Gasteiger partial charge in [-0.3, -0.25) is 4.79 Å². The summed E-state index contributed by atoms with van der Waals surface area (Å²) in [5.74, 6) is 0.985. The van der Waals surface area contributed by atoms with Gasteiger partial charge in [0, 0.05) is 25.0 Å². The number of hydrogen-bond donors (Lipinski definition) is 3. The Morgan fingerprint density at radius 1 is 1.04 bits per heavy atom. The van der Waals surface area contributed by atoms with Gasteiger partial charge in [0.15, 0.2) is 5.96 Å². The van der Waals surface area contributed by atoms with Crippen molar-refractivity contribution < 1.29 is 4.79 Å². The number of carbonyl (C=O) groups excluding carboxylic acids is 1. The Bertz CT molecular complexity index is 757. The summed E-state index contributed by atoms with van der Waals surface area (Å²) in [6.45, 7) is 3.68. The molecule has 1 unspecified atom stereocenters. The van der Waals surface area contributed by atoms with Crippen molar-refractivity contribution >= 4 is 11.9 Å². The Morgan fingerprint density at radius 3 is 2.36 bits per heavy atom. The third kappa shape index (κ3) is 6.72. The minimum Gasteiger partial charge on any atom is -0.357 e. The molecule has 0 heterocycles. The van der Waals surface area contributed by atoms with Gasteiger partial charge in [-0.15, -0.1) is 0 Å². The average molecular weight is 379 g/mol. The van der Waals surface area contributed by atoms with E-state index in [4.69, 9.17) is 0 Å². The lowest BCUT2D eigenvalue weighted by molar-refractivity contribution is -0.119. The summed E-state index contributed by atoms with van der Waals surface area (Å²) >= 11 is 0. The number of carbonyl (C=O) groups is 1. The fraction of sp³-hybridized carbons (Fsp3) is 0.391. The topological polar surface area (TPSA) is 65.5 Å². The molecule has 0 bridgehead atoms. The van der Waals surface area contributed by atoms with Crippen molar-refractivity contribution in [2.24, 2.45) is 4.99 Å². The fourth-order valence-electron chi connectivity index (χ4n) is 3.15. The molecule has 0 aromatic heterocycles. The zero-order valence-electron chi connectivity index (χ0n) is 16.5. The standard InChI is InChI=1S/C23H30N4O/c1-2-24-23(26-17-22(28)27-21-13-14-21)25-16-20(19-11-7-4-8-12-19)15-18-9-5-3-6-10-18/h3-12,20-21H,2,13-17H2,1H3,(H,27,28)(H2,24,25,26). The molecule has 0 saturated heterocycles. The number of rotatable bonds is 9. The van der Waals surface area contributed by atoms with E-state index < -0.39 is 0 Å². The van der Waals surface area contributed by atoms with Crippen LogP contribution in [-0.4, -0.2) is 37.5 Å². The Labute approximate surface area is 167 Å². The molecule has 3 N–H and O–H groups in total. The molecule has 0 spiro atoms. The predicted octanol–water partition coefficient (Wildman–Crippen LogP) is 2.85. The smallest absolute Gasteiger partial charge is 0.242 e. The van der Waals surface area contributed by atoms with Crippen molar-refractivity contribution in [2.45, 2.75) is 38.1 Å². The van der Waals surface area contributed by atoms with Gasteiger partial charge in [-0.25, -0.2) is 4.99 Å². The van der Waals surface area contributed by atoms with E-state index in [0.717, 1.165) is 32.4 Å². The van der Waals surface area contributed by atoms with Gasteiger partial charge in [0.25, 0.3) is 0 Å². The summed E-state index contributed by atoms with van der Waals surface area (Å²) in [5.41, 5.74) is 2.60. The van der Waals surface area contributed by atoms with Gasteiger partial charge in [0.1, 0.15) is 6.54 Å². The Balaban J connectivity index is 1.63. The summed E-state index contributed by atoms with van der Waals surface area (Å²) in [6.07, 6.45) is 3.12. The second-order valence-electron chi connectivity index (χ2n) is 7.22. The highest BCUT2D eigenvalue weighted by Crippen LogP contribution is 2.20. The van der Waals surface area contributed by atoms with Crippen LogP contribution >= 0.6 is 0 Å². The molecule has 1 aliphatic rings. The third-order valence-corrected chi connectivity index (χ3v) is 4.78. The van der Waals surface area contributed by atoms with Gasteiger partial charge in [-0.1, -0.05) is 60.7 Å². The van der Waals surface area contributed by atoms with Crippen LogP contribution in [0.25, 0.3) is 0 Å². The van der Waals surface area contributed by atoms with E-state index >= 15 is 0 Å². The molecule has 2 aromatic carbocycles. The first-order valence-corrected chi connectivity index (χ1v) is 10.1. The Kier molecular flexibility index (Phi) is 7.47. The number of nitrogens with zero attached hydrogens (tertiary/aromatic N) is 1. The van der Waals surface area contributed by atoms with E-state index in [1.165, 1.54) is 11.1 Å². The molecule has 5 heteroatoms. The molecule has 0 aliphatic heterocycles. The van der Waals surface area contributed by atoms with Gasteiger partial charge < -0.3 is 16.0 Å². The summed E-state index contributed by atoms with van der Waals surface area (Å²) in [6, 6.07) is 21.4. The zero-order chi connectivity index (χ0) is 19.6. The number of nitrogens with one attached hydrogen (secondary N) is 3. The molecule has 5 nitrogen and oxygen atoms in total. The van der Waals surface area contributed by atoms with Crippen molar-refractivity contribution in [3.05, 3.63) is 71.8 Å². The molecule has 1 aliphatic carbocycles. The van der Waals surface area contributed by atoms with Crippen LogP contribution in [0.3, 0.4) is 0 Å². The molecule has 1 saturated carbocycles. The minimum absolute atomic E-state index is 0.0106. The summed E-state index contributed by atoms with van der Waals surface area (Å²) in [7, 11) is 0. The van der Waals surface area contributed by atoms with E-state index in [-0.39, 0.29) is 12.5 Å². The quantitative estimate of drug-likeness (QED) is 0.464. The molecule has 1 atom stereocenters. The molecule has 28 heavy (non-hydrogen) atoms. The summed E-state index contributed by atoms with van der Waals surface area (Å²) in [4.78, 5) is 16.4. The number of benzene rings is 2. The average Bonchev–Trinajstić information content (AvgIpc) is 3.54.